The van der Waals surface area contributed by atoms with Gasteiger partial charge in [0, 0.05) is 23.3 Å². The van der Waals surface area contributed by atoms with E-state index in [0.717, 1.165) is 17.1 Å². The summed E-state index contributed by atoms with van der Waals surface area (Å²) in [6.45, 7) is 7.41. The normalized spacial score (nSPS) is 11.2. The minimum atomic E-state index is -1.13. The Kier molecular flexibility index (Phi) is 6.25. The molecule has 0 radical (unpaired) electrons. The summed E-state index contributed by atoms with van der Waals surface area (Å²) in [6, 6.07) is 5.79. The van der Waals surface area contributed by atoms with E-state index in [1.807, 2.05) is 18.2 Å². The van der Waals surface area contributed by atoms with Crippen molar-refractivity contribution < 1.29 is 19.4 Å². The number of thiazole rings is 1. The molecule has 0 aliphatic carbocycles. The van der Waals surface area contributed by atoms with Gasteiger partial charge in [0.05, 0.1) is 19.3 Å². The zero-order chi connectivity index (χ0) is 18.4. The molecule has 25 heavy (non-hydrogen) atoms. The third-order valence-corrected chi connectivity index (χ3v) is 4.36. The van der Waals surface area contributed by atoms with E-state index >= 15 is 0 Å². The van der Waals surface area contributed by atoms with Crippen LogP contribution in [0.4, 0.5) is 5.13 Å². The van der Waals surface area contributed by atoms with Gasteiger partial charge in [-0.05, 0) is 23.6 Å². The lowest BCUT2D eigenvalue weighted by molar-refractivity contribution is -0.304. The number of nitrogens with one attached hydrogen (secondary N) is 1. The maximum Gasteiger partial charge on any atom is 0.182 e. The Balaban J connectivity index is 1.91. The van der Waals surface area contributed by atoms with Crippen LogP contribution in [0.25, 0.3) is 0 Å². The van der Waals surface area contributed by atoms with Crippen molar-refractivity contribution in [1.82, 2.24) is 4.98 Å². The number of carbonyl (C=O) groups is 1. The molecule has 136 valence electrons. The first-order valence-electron chi connectivity index (χ1n) is 7.99. The van der Waals surface area contributed by atoms with Crippen molar-refractivity contribution in [3.8, 4) is 11.5 Å². The highest BCUT2D eigenvalue weighted by atomic mass is 32.1. The molecular formula is C18H23N2O4S-. The van der Waals surface area contributed by atoms with Crippen molar-refractivity contribution in [3.05, 3.63) is 34.8 Å². The average molecular weight is 363 g/mol. The highest BCUT2D eigenvalue weighted by Gasteiger charge is 2.20. The molecule has 0 atom stereocenters. The van der Waals surface area contributed by atoms with Gasteiger partial charge in [0.25, 0.3) is 0 Å². The van der Waals surface area contributed by atoms with E-state index in [1.165, 1.54) is 11.3 Å². The van der Waals surface area contributed by atoms with E-state index in [1.54, 1.807) is 12.5 Å². The first kappa shape index (κ1) is 19.1. The van der Waals surface area contributed by atoms with E-state index in [-0.39, 0.29) is 11.8 Å². The SMILES string of the molecule is COc1ccc(OCCNc2nc(CC(=O)[O-])cs2)c(C(C)(C)C)c1. The Bertz CT molecular complexity index is 722. The van der Waals surface area contributed by atoms with Crippen LogP contribution in [0.2, 0.25) is 0 Å². The number of ether oxygens (including phenoxy) is 2. The van der Waals surface area contributed by atoms with Crippen molar-refractivity contribution >= 4 is 22.4 Å². The summed E-state index contributed by atoms with van der Waals surface area (Å²) in [5.74, 6) is 0.500. The number of aromatic nitrogens is 1. The van der Waals surface area contributed by atoms with E-state index in [2.05, 4.69) is 31.1 Å². The van der Waals surface area contributed by atoms with Crippen molar-refractivity contribution in [2.24, 2.45) is 0 Å². The average Bonchev–Trinajstić information content (AvgIpc) is 2.97. The maximum atomic E-state index is 10.6. The molecule has 0 aliphatic heterocycles. The summed E-state index contributed by atoms with van der Waals surface area (Å²) in [5, 5.41) is 16.1. The van der Waals surface area contributed by atoms with Crippen LogP contribution < -0.4 is 19.9 Å². The second-order valence-corrected chi connectivity index (χ2v) is 7.44. The number of rotatable bonds is 8. The van der Waals surface area contributed by atoms with Crippen molar-refractivity contribution in [3.63, 3.8) is 0 Å². The first-order valence-corrected chi connectivity index (χ1v) is 8.87. The second-order valence-electron chi connectivity index (χ2n) is 6.58. The predicted molar refractivity (Wildman–Crippen MR) is 96.5 cm³/mol. The maximum absolute atomic E-state index is 10.6. The van der Waals surface area contributed by atoms with Gasteiger partial charge in [0.15, 0.2) is 5.13 Å². The lowest BCUT2D eigenvalue weighted by Crippen LogP contribution is -2.24. The van der Waals surface area contributed by atoms with Crippen molar-refractivity contribution in [2.45, 2.75) is 32.6 Å². The molecule has 2 rings (SSSR count). The lowest BCUT2D eigenvalue weighted by Gasteiger charge is -2.23. The van der Waals surface area contributed by atoms with E-state index in [4.69, 9.17) is 9.47 Å². The Morgan fingerprint density at radius 1 is 1.36 bits per heavy atom. The third-order valence-electron chi connectivity index (χ3n) is 3.51. The fraction of sp³-hybridized carbons (Fsp3) is 0.444. The molecule has 6 nitrogen and oxygen atoms in total. The summed E-state index contributed by atoms with van der Waals surface area (Å²) >= 11 is 1.36. The molecular weight excluding hydrogens is 340 g/mol. The van der Waals surface area contributed by atoms with Crippen molar-refractivity contribution in [2.75, 3.05) is 25.6 Å². The minimum Gasteiger partial charge on any atom is -0.550 e. The van der Waals surface area contributed by atoms with Gasteiger partial charge in [-0.25, -0.2) is 4.98 Å². The largest absolute Gasteiger partial charge is 0.550 e. The molecule has 0 amide bonds. The van der Waals surface area contributed by atoms with Gasteiger partial charge in [-0.2, -0.15) is 0 Å². The molecule has 7 heteroatoms. The highest BCUT2D eigenvalue weighted by Crippen LogP contribution is 2.34. The van der Waals surface area contributed by atoms with Crippen molar-refractivity contribution in [1.29, 1.82) is 0 Å². The third kappa shape index (κ3) is 5.63. The summed E-state index contributed by atoms with van der Waals surface area (Å²) in [4.78, 5) is 14.7. The van der Waals surface area contributed by atoms with Gasteiger partial charge >= 0.3 is 0 Å². The first-order chi connectivity index (χ1) is 11.8. The van der Waals surface area contributed by atoms with Crippen LogP contribution >= 0.6 is 11.3 Å². The fourth-order valence-corrected chi connectivity index (χ4v) is 3.02. The molecule has 0 unspecified atom stereocenters. The van der Waals surface area contributed by atoms with Crippen LogP contribution in [-0.4, -0.2) is 31.2 Å². The van der Waals surface area contributed by atoms with Crippen LogP contribution in [0.15, 0.2) is 23.6 Å². The molecule has 1 aromatic carbocycles. The van der Waals surface area contributed by atoms with Crippen LogP contribution in [-0.2, 0) is 16.6 Å². The van der Waals surface area contributed by atoms with Gasteiger partial charge in [-0.3, -0.25) is 0 Å². The second kappa shape index (κ2) is 8.20. The van der Waals surface area contributed by atoms with E-state index in [9.17, 15) is 9.90 Å². The minimum absolute atomic E-state index is 0.0631. The number of benzene rings is 1. The summed E-state index contributed by atoms with van der Waals surface area (Å²) < 4.78 is 11.2. The predicted octanol–water partition coefficient (Wildman–Crippen LogP) is 2.23. The van der Waals surface area contributed by atoms with Gasteiger partial charge < -0.3 is 24.7 Å². The molecule has 0 aliphatic rings. The number of carbonyl (C=O) groups excluding carboxylic acids is 1. The quantitative estimate of drug-likeness (QED) is 0.724. The van der Waals surface area contributed by atoms with E-state index in [0.29, 0.717) is 24.0 Å². The zero-order valence-corrected chi connectivity index (χ0v) is 15.7. The molecule has 0 saturated carbocycles. The topological polar surface area (TPSA) is 83.5 Å². The Morgan fingerprint density at radius 2 is 2.12 bits per heavy atom. The molecule has 0 bridgehead atoms. The monoisotopic (exact) mass is 363 g/mol. The number of carboxylic acids is 1. The fourth-order valence-electron chi connectivity index (χ4n) is 2.28. The number of carboxylic acid groups (broad SMARTS) is 1. The molecule has 1 heterocycles. The molecule has 0 spiro atoms. The number of aliphatic carboxylic acids is 1. The van der Waals surface area contributed by atoms with Gasteiger partial charge in [0.1, 0.15) is 18.1 Å². The number of methoxy groups -OCH3 is 1. The summed E-state index contributed by atoms with van der Waals surface area (Å²) in [5.41, 5.74) is 1.52. The number of hydrogen-bond acceptors (Lipinski definition) is 7. The number of hydrogen-bond donors (Lipinski definition) is 1. The van der Waals surface area contributed by atoms with Gasteiger partial charge in [0.2, 0.25) is 0 Å². The lowest BCUT2D eigenvalue weighted by atomic mass is 9.86. The van der Waals surface area contributed by atoms with Crippen LogP contribution in [0, 0.1) is 0 Å². The molecule has 1 aromatic heterocycles. The standard InChI is InChI=1S/C18H24N2O4S/c1-18(2,3)14-10-13(23-4)5-6-15(14)24-8-7-19-17-20-12(11-25-17)9-16(21)22/h5-6,10-11H,7-9H2,1-4H3,(H,19,20)(H,21,22)/p-1. The number of nitrogens with zero attached hydrogens (tertiary/aromatic N) is 1. The Hall–Kier alpha value is -2.28. The van der Waals surface area contributed by atoms with Crippen LogP contribution in [0.1, 0.15) is 32.0 Å². The molecule has 0 fully saturated rings. The van der Waals surface area contributed by atoms with Crippen LogP contribution in [0.3, 0.4) is 0 Å². The number of anilines is 1. The van der Waals surface area contributed by atoms with E-state index < -0.39 is 5.97 Å². The highest BCUT2D eigenvalue weighted by molar-refractivity contribution is 7.13. The van der Waals surface area contributed by atoms with Gasteiger partial charge in [-0.15, -0.1) is 11.3 Å². The Labute approximate surface area is 151 Å². The molecule has 0 saturated heterocycles. The Morgan fingerprint density at radius 3 is 2.76 bits per heavy atom. The zero-order valence-electron chi connectivity index (χ0n) is 14.9. The molecule has 2 aromatic rings. The molecule has 1 N–H and O–H groups in total. The summed E-state index contributed by atoms with van der Waals surface area (Å²) in [7, 11) is 1.65. The van der Waals surface area contributed by atoms with Gasteiger partial charge in [-0.1, -0.05) is 20.8 Å². The van der Waals surface area contributed by atoms with Crippen LogP contribution in [0.5, 0.6) is 11.5 Å². The smallest absolute Gasteiger partial charge is 0.182 e. The summed E-state index contributed by atoms with van der Waals surface area (Å²) in [6.07, 6.45) is -0.171.